The van der Waals surface area contributed by atoms with Gasteiger partial charge >= 0.3 is 0 Å². The van der Waals surface area contributed by atoms with Crippen LogP contribution in [0.2, 0.25) is 0 Å². The van der Waals surface area contributed by atoms with Gasteiger partial charge in [0.25, 0.3) is 0 Å². The summed E-state index contributed by atoms with van der Waals surface area (Å²) in [5, 5.41) is 12.3. The first-order valence-electron chi connectivity index (χ1n) is 5.86. The lowest BCUT2D eigenvalue weighted by molar-refractivity contribution is -0.119. The summed E-state index contributed by atoms with van der Waals surface area (Å²) in [6.45, 7) is 6.63. The second-order valence-corrected chi connectivity index (χ2v) is 5.63. The van der Waals surface area contributed by atoms with Crippen LogP contribution in [-0.2, 0) is 11.2 Å². The van der Waals surface area contributed by atoms with Gasteiger partial charge in [0.2, 0.25) is 11.0 Å². The van der Waals surface area contributed by atoms with Crippen LogP contribution < -0.4 is 11.1 Å². The van der Waals surface area contributed by atoms with Crippen LogP contribution in [0.4, 0.5) is 5.13 Å². The first kappa shape index (κ1) is 14.1. The fourth-order valence-electron chi connectivity index (χ4n) is 1.35. The zero-order valence-electron chi connectivity index (χ0n) is 10.6. The lowest BCUT2D eigenvalue weighted by atomic mass is 10.1. The van der Waals surface area contributed by atoms with Gasteiger partial charge in [0.05, 0.1) is 0 Å². The number of nitrogens with two attached hydrogens (primary N) is 1. The van der Waals surface area contributed by atoms with Gasteiger partial charge < -0.3 is 11.1 Å². The molecular formula is C11H20N4OS. The quantitative estimate of drug-likeness (QED) is 0.811. The Morgan fingerprint density at radius 1 is 1.41 bits per heavy atom. The molecule has 0 aliphatic heterocycles. The molecule has 6 heteroatoms. The van der Waals surface area contributed by atoms with Crippen LogP contribution in [0.25, 0.3) is 0 Å². The second kappa shape index (κ2) is 6.66. The Morgan fingerprint density at radius 3 is 2.71 bits per heavy atom. The number of carbonyl (C=O) groups is 1. The van der Waals surface area contributed by atoms with Gasteiger partial charge in [-0.05, 0) is 18.9 Å². The van der Waals surface area contributed by atoms with Gasteiger partial charge in [0.1, 0.15) is 5.01 Å². The molecule has 17 heavy (non-hydrogen) atoms. The molecule has 5 nitrogen and oxygen atoms in total. The minimum Gasteiger partial charge on any atom is -0.330 e. The van der Waals surface area contributed by atoms with Crippen LogP contribution >= 0.6 is 11.3 Å². The molecule has 3 N–H and O–H groups in total. The number of aromatic nitrogens is 2. The van der Waals surface area contributed by atoms with E-state index in [1.807, 2.05) is 6.92 Å². The van der Waals surface area contributed by atoms with Crippen molar-refractivity contribution in [1.29, 1.82) is 0 Å². The van der Waals surface area contributed by atoms with Crippen molar-refractivity contribution in [2.75, 3.05) is 11.9 Å². The maximum atomic E-state index is 11.7. The lowest BCUT2D eigenvalue weighted by Crippen LogP contribution is -2.22. The minimum absolute atomic E-state index is 0.0392. The SMILES string of the molecule is CC(C)Cc1nnc(NC(=O)C(C)CCN)s1. The number of nitrogens with zero attached hydrogens (tertiary/aromatic N) is 2. The number of hydrogen-bond acceptors (Lipinski definition) is 5. The van der Waals surface area contributed by atoms with Crippen LogP contribution in [0.15, 0.2) is 0 Å². The number of amides is 1. The average molecular weight is 256 g/mol. The first-order chi connectivity index (χ1) is 8.02. The van der Waals surface area contributed by atoms with Gasteiger partial charge in [0, 0.05) is 12.3 Å². The zero-order valence-corrected chi connectivity index (χ0v) is 11.4. The highest BCUT2D eigenvalue weighted by Gasteiger charge is 2.14. The van der Waals surface area contributed by atoms with E-state index in [-0.39, 0.29) is 11.8 Å². The molecule has 0 saturated heterocycles. The predicted molar refractivity (Wildman–Crippen MR) is 69.9 cm³/mol. The number of rotatable bonds is 6. The Hall–Kier alpha value is -1.01. The van der Waals surface area contributed by atoms with Crippen molar-refractivity contribution in [2.24, 2.45) is 17.6 Å². The van der Waals surface area contributed by atoms with E-state index in [0.717, 1.165) is 11.4 Å². The molecule has 1 aromatic heterocycles. The van der Waals surface area contributed by atoms with E-state index in [9.17, 15) is 4.79 Å². The topological polar surface area (TPSA) is 80.9 Å². The molecule has 1 atom stereocenters. The van der Waals surface area contributed by atoms with E-state index in [1.165, 1.54) is 11.3 Å². The first-order valence-corrected chi connectivity index (χ1v) is 6.68. The molecule has 0 fully saturated rings. The van der Waals surface area contributed by atoms with Crippen molar-refractivity contribution in [1.82, 2.24) is 10.2 Å². The second-order valence-electron chi connectivity index (χ2n) is 4.57. The number of nitrogens with one attached hydrogen (secondary N) is 1. The van der Waals surface area contributed by atoms with Crippen LogP contribution in [0.5, 0.6) is 0 Å². The predicted octanol–water partition coefficient (Wildman–Crippen LogP) is 1.66. The van der Waals surface area contributed by atoms with Crippen LogP contribution in [0.3, 0.4) is 0 Å². The summed E-state index contributed by atoms with van der Waals surface area (Å²) in [5.74, 6) is 0.419. The molecule has 1 rings (SSSR count). The Morgan fingerprint density at radius 2 is 2.12 bits per heavy atom. The van der Waals surface area contributed by atoms with E-state index in [2.05, 4.69) is 29.4 Å². The smallest absolute Gasteiger partial charge is 0.229 e. The molecule has 0 spiro atoms. The van der Waals surface area contributed by atoms with E-state index in [4.69, 9.17) is 5.73 Å². The van der Waals surface area contributed by atoms with Gasteiger partial charge in [-0.15, -0.1) is 10.2 Å². The fraction of sp³-hybridized carbons (Fsp3) is 0.727. The third-order valence-corrected chi connectivity index (χ3v) is 3.19. The summed E-state index contributed by atoms with van der Waals surface area (Å²) in [5.41, 5.74) is 5.41. The Balaban J connectivity index is 2.51. The monoisotopic (exact) mass is 256 g/mol. The molecule has 0 aromatic carbocycles. The van der Waals surface area contributed by atoms with Gasteiger partial charge in [0.15, 0.2) is 0 Å². The molecule has 0 bridgehead atoms. The van der Waals surface area contributed by atoms with Gasteiger partial charge in [-0.3, -0.25) is 4.79 Å². The van der Waals surface area contributed by atoms with Gasteiger partial charge in [-0.25, -0.2) is 0 Å². The van der Waals surface area contributed by atoms with Gasteiger partial charge in [-0.1, -0.05) is 32.1 Å². The summed E-state index contributed by atoms with van der Waals surface area (Å²) in [7, 11) is 0. The standard InChI is InChI=1S/C11H20N4OS/c1-7(2)6-9-14-15-11(17-9)13-10(16)8(3)4-5-12/h7-8H,4-6,12H2,1-3H3,(H,13,15,16). The summed E-state index contributed by atoms with van der Waals surface area (Å²) in [6.07, 6.45) is 1.58. The normalized spacial score (nSPS) is 12.8. The average Bonchev–Trinajstić information content (AvgIpc) is 2.64. The largest absolute Gasteiger partial charge is 0.330 e. The van der Waals surface area contributed by atoms with E-state index in [0.29, 0.717) is 24.0 Å². The maximum absolute atomic E-state index is 11.7. The fourth-order valence-corrected chi connectivity index (χ4v) is 2.30. The van der Waals surface area contributed by atoms with E-state index >= 15 is 0 Å². The molecule has 0 aliphatic rings. The van der Waals surface area contributed by atoms with E-state index in [1.54, 1.807) is 0 Å². The molecule has 1 unspecified atom stereocenters. The third kappa shape index (κ3) is 4.79. The minimum atomic E-state index is -0.0857. The summed E-state index contributed by atoms with van der Waals surface area (Å²) >= 11 is 1.44. The van der Waals surface area contributed by atoms with Crippen molar-refractivity contribution in [3.63, 3.8) is 0 Å². The van der Waals surface area contributed by atoms with Crippen molar-refractivity contribution >= 4 is 22.4 Å². The van der Waals surface area contributed by atoms with Crippen molar-refractivity contribution in [3.8, 4) is 0 Å². The number of hydrogen-bond donors (Lipinski definition) is 2. The molecule has 0 radical (unpaired) electrons. The third-order valence-electron chi connectivity index (χ3n) is 2.33. The molecule has 0 aliphatic carbocycles. The maximum Gasteiger partial charge on any atom is 0.229 e. The van der Waals surface area contributed by atoms with Crippen molar-refractivity contribution in [3.05, 3.63) is 5.01 Å². The molecule has 0 saturated carbocycles. The highest BCUT2D eigenvalue weighted by atomic mass is 32.1. The van der Waals surface area contributed by atoms with Crippen LogP contribution in [0, 0.1) is 11.8 Å². The Labute approximate surface area is 106 Å². The molecule has 1 aromatic rings. The summed E-state index contributed by atoms with van der Waals surface area (Å²) in [6, 6.07) is 0. The summed E-state index contributed by atoms with van der Waals surface area (Å²) in [4.78, 5) is 11.7. The number of carbonyl (C=O) groups excluding carboxylic acids is 1. The van der Waals surface area contributed by atoms with Crippen molar-refractivity contribution < 1.29 is 4.79 Å². The lowest BCUT2D eigenvalue weighted by Gasteiger charge is -2.07. The van der Waals surface area contributed by atoms with Crippen molar-refractivity contribution in [2.45, 2.75) is 33.6 Å². The highest BCUT2D eigenvalue weighted by molar-refractivity contribution is 7.15. The number of anilines is 1. The molecule has 1 amide bonds. The van der Waals surface area contributed by atoms with Crippen LogP contribution in [0.1, 0.15) is 32.2 Å². The highest BCUT2D eigenvalue weighted by Crippen LogP contribution is 2.19. The Kier molecular flexibility index (Phi) is 5.50. The summed E-state index contributed by atoms with van der Waals surface area (Å²) < 4.78 is 0. The van der Waals surface area contributed by atoms with E-state index < -0.39 is 0 Å². The molecule has 1 heterocycles. The van der Waals surface area contributed by atoms with Crippen LogP contribution in [-0.4, -0.2) is 22.6 Å². The Bertz CT molecular complexity index is 364. The molecular weight excluding hydrogens is 236 g/mol. The zero-order chi connectivity index (χ0) is 12.8. The van der Waals surface area contributed by atoms with Gasteiger partial charge in [-0.2, -0.15) is 0 Å². The molecule has 96 valence electrons.